The van der Waals surface area contributed by atoms with Gasteiger partial charge in [0.1, 0.15) is 0 Å². The van der Waals surface area contributed by atoms with Crippen molar-refractivity contribution in [3.8, 4) is 0 Å². The lowest BCUT2D eigenvalue weighted by molar-refractivity contribution is -0.255. The first-order chi connectivity index (χ1) is 9.93. The van der Waals surface area contributed by atoms with E-state index in [2.05, 4.69) is 0 Å². The first-order valence-corrected chi connectivity index (χ1v) is 7.76. The van der Waals surface area contributed by atoms with Gasteiger partial charge in [0, 0.05) is 12.0 Å². The van der Waals surface area contributed by atoms with Gasteiger partial charge in [-0.25, -0.2) is 4.79 Å². The van der Waals surface area contributed by atoms with Crippen LogP contribution < -0.4 is 0 Å². The first kappa shape index (κ1) is 18.1. The van der Waals surface area contributed by atoms with Gasteiger partial charge < -0.3 is 19.3 Å². The zero-order valence-electron chi connectivity index (χ0n) is 13.5. The summed E-state index contributed by atoms with van der Waals surface area (Å²) in [7, 11) is 0. The molecule has 1 N–H and O–H groups in total. The molecule has 1 aliphatic heterocycles. The summed E-state index contributed by atoms with van der Waals surface area (Å²) in [6, 6.07) is 0. The highest BCUT2D eigenvalue weighted by Gasteiger charge is 2.33. The zero-order valence-corrected chi connectivity index (χ0v) is 13.5. The number of aliphatic hydroxyl groups is 1. The maximum absolute atomic E-state index is 11.1. The Kier molecular flexibility index (Phi) is 7.93. The fourth-order valence-electron chi connectivity index (χ4n) is 2.28. The molecule has 0 bridgehead atoms. The van der Waals surface area contributed by atoms with Crippen LogP contribution in [0, 0.1) is 5.92 Å². The number of carbonyl (C=O) groups excluding carboxylic acids is 1. The highest BCUT2D eigenvalue weighted by molar-refractivity contribution is 5.81. The minimum absolute atomic E-state index is 0.0340. The number of rotatable bonds is 7. The lowest BCUT2D eigenvalue weighted by Gasteiger charge is -2.37. The fraction of sp³-hybridized carbons (Fsp3) is 0.812. The monoisotopic (exact) mass is 300 g/mol. The average Bonchev–Trinajstić information content (AvgIpc) is 2.41. The van der Waals surface area contributed by atoms with Gasteiger partial charge >= 0.3 is 5.97 Å². The summed E-state index contributed by atoms with van der Waals surface area (Å²) >= 11 is 0. The van der Waals surface area contributed by atoms with Crippen molar-refractivity contribution in [2.75, 3.05) is 6.61 Å². The minimum atomic E-state index is -0.414. The summed E-state index contributed by atoms with van der Waals surface area (Å²) in [5, 5.41) is 9.74. The van der Waals surface area contributed by atoms with Gasteiger partial charge in [-0.2, -0.15) is 0 Å². The van der Waals surface area contributed by atoms with Gasteiger partial charge in [-0.05, 0) is 40.0 Å². The summed E-state index contributed by atoms with van der Waals surface area (Å²) in [6.45, 7) is 8.05. The predicted molar refractivity (Wildman–Crippen MR) is 79.7 cm³/mol. The van der Waals surface area contributed by atoms with Crippen LogP contribution in [0.15, 0.2) is 12.2 Å². The first-order valence-electron chi connectivity index (χ1n) is 7.76. The summed E-state index contributed by atoms with van der Waals surface area (Å²) in [4.78, 5) is 11.1. The van der Waals surface area contributed by atoms with E-state index in [1.807, 2.05) is 20.8 Å². The van der Waals surface area contributed by atoms with E-state index in [0.717, 1.165) is 12.8 Å². The molecular formula is C16H28O5. The number of aliphatic hydroxyl groups excluding tert-OH is 1. The lowest BCUT2D eigenvalue weighted by atomic mass is 9.96. The van der Waals surface area contributed by atoms with Crippen molar-refractivity contribution < 1.29 is 24.1 Å². The number of hydrogen-bond acceptors (Lipinski definition) is 5. The van der Waals surface area contributed by atoms with Gasteiger partial charge in [-0.15, -0.1) is 0 Å². The van der Waals surface area contributed by atoms with E-state index < -0.39 is 6.10 Å². The normalized spacial score (nSPS) is 31.3. The average molecular weight is 300 g/mol. The third-order valence-corrected chi connectivity index (χ3v) is 3.62. The van der Waals surface area contributed by atoms with E-state index in [9.17, 15) is 9.90 Å². The molecule has 0 aromatic rings. The summed E-state index contributed by atoms with van der Waals surface area (Å²) in [6.07, 6.45) is 4.66. The molecular weight excluding hydrogens is 272 g/mol. The highest BCUT2D eigenvalue weighted by atomic mass is 16.7. The van der Waals surface area contributed by atoms with Gasteiger partial charge in [0.05, 0.1) is 24.9 Å². The smallest absolute Gasteiger partial charge is 0.330 e. The molecule has 0 aliphatic carbocycles. The van der Waals surface area contributed by atoms with Crippen molar-refractivity contribution in [1.82, 2.24) is 0 Å². The Bertz CT molecular complexity index is 342. The Morgan fingerprint density at radius 3 is 2.86 bits per heavy atom. The number of allylic oxidation sites excluding steroid dienone is 1. The maximum atomic E-state index is 11.1. The van der Waals surface area contributed by atoms with E-state index in [-0.39, 0.29) is 30.4 Å². The van der Waals surface area contributed by atoms with Crippen LogP contribution in [0.4, 0.5) is 0 Å². The second-order valence-corrected chi connectivity index (χ2v) is 5.67. The molecule has 1 unspecified atom stereocenters. The molecule has 21 heavy (non-hydrogen) atoms. The molecule has 1 aliphatic rings. The van der Waals surface area contributed by atoms with Crippen molar-refractivity contribution in [3.63, 3.8) is 0 Å². The number of hydrogen-bond donors (Lipinski definition) is 1. The molecule has 5 nitrogen and oxygen atoms in total. The molecule has 1 fully saturated rings. The van der Waals surface area contributed by atoms with Crippen LogP contribution in [0.1, 0.15) is 47.0 Å². The minimum Gasteiger partial charge on any atom is -0.463 e. The van der Waals surface area contributed by atoms with Gasteiger partial charge in [-0.1, -0.05) is 13.0 Å². The molecule has 1 rings (SSSR count). The Morgan fingerprint density at radius 2 is 2.19 bits per heavy atom. The summed E-state index contributed by atoms with van der Waals surface area (Å²) < 4.78 is 16.4. The lowest BCUT2D eigenvalue weighted by Crippen LogP contribution is -2.44. The molecule has 0 radical (unpaired) electrons. The molecule has 0 spiro atoms. The van der Waals surface area contributed by atoms with Crippen LogP contribution in [-0.2, 0) is 19.0 Å². The summed E-state index contributed by atoms with van der Waals surface area (Å²) in [5.41, 5.74) is 0. The second kappa shape index (κ2) is 9.18. The van der Waals surface area contributed by atoms with Crippen LogP contribution in [0.3, 0.4) is 0 Å². The Labute approximate surface area is 127 Å². The summed E-state index contributed by atoms with van der Waals surface area (Å²) in [5.74, 6) is -0.133. The van der Waals surface area contributed by atoms with Crippen molar-refractivity contribution in [1.29, 1.82) is 0 Å². The van der Waals surface area contributed by atoms with Gasteiger partial charge in [0.15, 0.2) is 6.29 Å². The van der Waals surface area contributed by atoms with Crippen LogP contribution in [-0.4, -0.2) is 42.3 Å². The van der Waals surface area contributed by atoms with E-state index in [1.165, 1.54) is 6.08 Å². The molecule has 5 heteroatoms. The maximum Gasteiger partial charge on any atom is 0.330 e. The third kappa shape index (κ3) is 6.59. The van der Waals surface area contributed by atoms with Gasteiger partial charge in [0.25, 0.3) is 0 Å². The van der Waals surface area contributed by atoms with Crippen LogP contribution in [0.5, 0.6) is 0 Å². The Morgan fingerprint density at radius 1 is 1.48 bits per heavy atom. The molecule has 1 heterocycles. The van der Waals surface area contributed by atoms with Gasteiger partial charge in [0.2, 0.25) is 0 Å². The quantitative estimate of drug-likeness (QED) is 0.578. The van der Waals surface area contributed by atoms with Crippen molar-refractivity contribution >= 4 is 5.97 Å². The molecule has 0 aromatic heterocycles. The van der Waals surface area contributed by atoms with Crippen molar-refractivity contribution in [2.45, 2.75) is 71.6 Å². The topological polar surface area (TPSA) is 65.0 Å². The molecule has 122 valence electrons. The van der Waals surface area contributed by atoms with E-state index in [1.54, 1.807) is 13.0 Å². The largest absolute Gasteiger partial charge is 0.463 e. The standard InChI is InChI=1S/C16H28O5/c1-5-19-15(18)9-7-6-8-12(3)20-16-11(2)10-14(17)13(4)21-16/h7,9,11-14,16-17H,5-6,8,10H2,1-4H3/b9-7-/t11-,12-,13+,14-,16?/m1/s1. The molecule has 0 saturated carbocycles. The van der Waals surface area contributed by atoms with Crippen LogP contribution in [0.2, 0.25) is 0 Å². The molecule has 1 saturated heterocycles. The van der Waals surface area contributed by atoms with E-state index in [0.29, 0.717) is 13.0 Å². The van der Waals surface area contributed by atoms with Crippen LogP contribution >= 0.6 is 0 Å². The second-order valence-electron chi connectivity index (χ2n) is 5.67. The van der Waals surface area contributed by atoms with Gasteiger partial charge in [-0.3, -0.25) is 0 Å². The predicted octanol–water partition coefficient (Wildman–Crippen LogP) is 2.42. The SMILES string of the molecule is CCOC(=O)/C=C\CC[C@@H](C)OC1O[C@@H](C)[C@H](O)C[C@H]1C. The van der Waals surface area contributed by atoms with Crippen molar-refractivity contribution in [2.24, 2.45) is 5.92 Å². The van der Waals surface area contributed by atoms with E-state index >= 15 is 0 Å². The zero-order chi connectivity index (χ0) is 15.8. The highest BCUT2D eigenvalue weighted by Crippen LogP contribution is 2.27. The van der Waals surface area contributed by atoms with Crippen LogP contribution in [0.25, 0.3) is 0 Å². The fourth-order valence-corrected chi connectivity index (χ4v) is 2.28. The molecule has 0 aromatic carbocycles. The number of carbonyl (C=O) groups is 1. The molecule has 5 atom stereocenters. The molecule has 0 amide bonds. The van der Waals surface area contributed by atoms with E-state index in [4.69, 9.17) is 14.2 Å². The third-order valence-electron chi connectivity index (χ3n) is 3.62. The van der Waals surface area contributed by atoms with Crippen molar-refractivity contribution in [3.05, 3.63) is 12.2 Å². The number of esters is 1. The Hall–Kier alpha value is -0.910. The number of ether oxygens (including phenoxy) is 3. The Balaban J connectivity index is 2.27.